The molecule has 0 fully saturated rings. The monoisotopic (exact) mass is 371 g/mol. The molecule has 1 N–H and O–H groups in total. The number of fused-ring (bicyclic) bond motifs is 1. The maximum atomic E-state index is 12.6. The topological polar surface area (TPSA) is 75.0 Å². The minimum Gasteiger partial charge on any atom is -0.485 e. The van der Waals surface area contributed by atoms with Crippen LogP contribution in [0.4, 0.5) is 5.69 Å². The van der Waals surface area contributed by atoms with E-state index in [1.807, 2.05) is 24.3 Å². The van der Waals surface area contributed by atoms with Gasteiger partial charge >= 0.3 is 0 Å². The smallest absolute Gasteiger partial charge is 0.255 e. The van der Waals surface area contributed by atoms with Gasteiger partial charge < -0.3 is 24.3 Å². The zero-order valence-electron chi connectivity index (χ0n) is 15.8. The van der Waals surface area contributed by atoms with Crippen LogP contribution < -0.4 is 15.0 Å². The summed E-state index contributed by atoms with van der Waals surface area (Å²) in [5, 5.41) is 2.69. The standard InChI is InChI=1S/C20H25N3O4/c1-4-23-12-16(27-18-8-6-5-7-17(18)23)11-22(3)20(25)14(2)21-19(24)15-9-10-26-13-15/h5-10,13-14,16H,4,11-12H2,1-3H3,(H,21,24)/t14-,16+/m1/s1. The summed E-state index contributed by atoms with van der Waals surface area (Å²) in [4.78, 5) is 28.6. The lowest BCUT2D eigenvalue weighted by molar-refractivity contribution is -0.132. The third-order valence-corrected chi connectivity index (χ3v) is 4.66. The quantitative estimate of drug-likeness (QED) is 0.842. The van der Waals surface area contributed by atoms with Gasteiger partial charge in [-0.15, -0.1) is 0 Å². The zero-order valence-corrected chi connectivity index (χ0v) is 15.8. The van der Waals surface area contributed by atoms with Gasteiger partial charge in [0.15, 0.2) is 0 Å². The lowest BCUT2D eigenvalue weighted by Gasteiger charge is -2.37. The van der Waals surface area contributed by atoms with Gasteiger partial charge in [-0.3, -0.25) is 9.59 Å². The van der Waals surface area contributed by atoms with Crippen molar-refractivity contribution in [1.82, 2.24) is 10.2 Å². The Bertz CT molecular complexity index is 790. The molecule has 1 aliphatic heterocycles. The van der Waals surface area contributed by atoms with Crippen LogP contribution in [0.25, 0.3) is 0 Å². The number of hydrogen-bond donors (Lipinski definition) is 1. The predicted octanol–water partition coefficient (Wildman–Crippen LogP) is 2.14. The zero-order chi connectivity index (χ0) is 19.4. The Morgan fingerprint density at radius 3 is 2.81 bits per heavy atom. The van der Waals surface area contributed by atoms with Crippen molar-refractivity contribution in [2.75, 3.05) is 31.6 Å². The van der Waals surface area contributed by atoms with Crippen LogP contribution in [0.1, 0.15) is 24.2 Å². The van der Waals surface area contributed by atoms with E-state index in [1.54, 1.807) is 24.9 Å². The van der Waals surface area contributed by atoms with Crippen LogP contribution in [-0.4, -0.2) is 55.5 Å². The normalized spacial score (nSPS) is 16.9. The first-order chi connectivity index (χ1) is 13.0. The number of rotatable bonds is 6. The first-order valence-corrected chi connectivity index (χ1v) is 9.08. The van der Waals surface area contributed by atoms with Crippen LogP contribution in [0, 0.1) is 0 Å². The molecular weight excluding hydrogens is 346 g/mol. The average molecular weight is 371 g/mol. The number of hydrogen-bond acceptors (Lipinski definition) is 5. The molecule has 1 aliphatic rings. The molecular formula is C20H25N3O4. The molecule has 0 unspecified atom stereocenters. The van der Waals surface area contributed by atoms with Crippen LogP contribution in [0.15, 0.2) is 47.3 Å². The second-order valence-corrected chi connectivity index (χ2v) is 6.67. The summed E-state index contributed by atoms with van der Waals surface area (Å²) < 4.78 is 11.0. The second-order valence-electron chi connectivity index (χ2n) is 6.67. The van der Waals surface area contributed by atoms with Crippen molar-refractivity contribution in [3.05, 3.63) is 48.4 Å². The summed E-state index contributed by atoms with van der Waals surface area (Å²) in [6, 6.07) is 8.83. The number of likely N-dealkylation sites (N-methyl/N-ethyl adjacent to an activating group) is 2. The summed E-state index contributed by atoms with van der Waals surface area (Å²) in [7, 11) is 1.73. The molecule has 2 aromatic rings. The van der Waals surface area contributed by atoms with Gasteiger partial charge in [0.1, 0.15) is 24.2 Å². The molecule has 144 valence electrons. The van der Waals surface area contributed by atoms with Crippen LogP contribution in [-0.2, 0) is 4.79 Å². The summed E-state index contributed by atoms with van der Waals surface area (Å²) in [5.41, 5.74) is 1.47. The van der Waals surface area contributed by atoms with Gasteiger partial charge in [0.05, 0.1) is 30.6 Å². The Morgan fingerprint density at radius 2 is 2.11 bits per heavy atom. The molecule has 7 nitrogen and oxygen atoms in total. The Morgan fingerprint density at radius 1 is 1.33 bits per heavy atom. The van der Waals surface area contributed by atoms with Crippen LogP contribution in [0.2, 0.25) is 0 Å². The van der Waals surface area contributed by atoms with Crippen molar-refractivity contribution in [1.29, 1.82) is 0 Å². The molecule has 27 heavy (non-hydrogen) atoms. The summed E-state index contributed by atoms with van der Waals surface area (Å²) >= 11 is 0. The lowest BCUT2D eigenvalue weighted by Crippen LogP contribution is -2.51. The number of para-hydroxylation sites is 2. The Kier molecular flexibility index (Phi) is 5.69. The van der Waals surface area contributed by atoms with Gasteiger partial charge in [-0.05, 0) is 32.0 Å². The van der Waals surface area contributed by atoms with Gasteiger partial charge in [0.2, 0.25) is 5.91 Å². The predicted molar refractivity (Wildman–Crippen MR) is 102 cm³/mol. The SMILES string of the molecule is CCN1C[C@H](CN(C)C(=O)[C@@H](C)NC(=O)c2ccoc2)Oc2ccccc21. The van der Waals surface area contributed by atoms with E-state index < -0.39 is 6.04 Å². The van der Waals surface area contributed by atoms with Crippen molar-refractivity contribution in [2.24, 2.45) is 0 Å². The van der Waals surface area contributed by atoms with Crippen molar-refractivity contribution in [2.45, 2.75) is 26.0 Å². The number of furan rings is 1. The number of amides is 2. The molecule has 0 spiro atoms. The average Bonchev–Trinajstić information content (AvgIpc) is 3.21. The van der Waals surface area contributed by atoms with E-state index in [0.29, 0.717) is 18.7 Å². The van der Waals surface area contributed by atoms with Crippen molar-refractivity contribution < 1.29 is 18.7 Å². The minimum atomic E-state index is -0.643. The molecule has 7 heteroatoms. The molecule has 0 saturated carbocycles. The highest BCUT2D eigenvalue weighted by Gasteiger charge is 2.28. The molecule has 0 saturated heterocycles. The molecule has 2 heterocycles. The number of carbonyl (C=O) groups is 2. The fraction of sp³-hybridized carbons (Fsp3) is 0.400. The van der Waals surface area contributed by atoms with E-state index in [1.165, 1.54) is 12.5 Å². The van der Waals surface area contributed by atoms with Crippen molar-refractivity contribution >= 4 is 17.5 Å². The summed E-state index contributed by atoms with van der Waals surface area (Å²) in [6.07, 6.45) is 2.64. The highest BCUT2D eigenvalue weighted by atomic mass is 16.5. The van der Waals surface area contributed by atoms with Crippen LogP contribution >= 0.6 is 0 Å². The van der Waals surface area contributed by atoms with Crippen molar-refractivity contribution in [3.8, 4) is 5.75 Å². The fourth-order valence-corrected chi connectivity index (χ4v) is 3.23. The molecule has 1 aromatic carbocycles. The van der Waals surface area contributed by atoms with E-state index in [9.17, 15) is 9.59 Å². The molecule has 2 atom stereocenters. The summed E-state index contributed by atoms with van der Waals surface area (Å²) in [6.45, 7) is 5.79. The largest absolute Gasteiger partial charge is 0.485 e. The fourth-order valence-electron chi connectivity index (χ4n) is 3.23. The number of ether oxygens (including phenoxy) is 1. The number of nitrogens with zero attached hydrogens (tertiary/aromatic N) is 2. The molecule has 1 aromatic heterocycles. The van der Waals surface area contributed by atoms with Crippen molar-refractivity contribution in [3.63, 3.8) is 0 Å². The van der Waals surface area contributed by atoms with Gasteiger partial charge in [-0.1, -0.05) is 12.1 Å². The number of carbonyl (C=O) groups excluding carboxylic acids is 2. The lowest BCUT2D eigenvalue weighted by atomic mass is 10.1. The van der Waals surface area contributed by atoms with Gasteiger partial charge in [-0.25, -0.2) is 0 Å². The highest BCUT2D eigenvalue weighted by Crippen LogP contribution is 2.32. The molecule has 0 radical (unpaired) electrons. The Balaban J connectivity index is 1.59. The van der Waals surface area contributed by atoms with E-state index in [2.05, 4.69) is 17.1 Å². The first kappa shape index (κ1) is 18.8. The van der Waals surface area contributed by atoms with E-state index in [4.69, 9.17) is 9.15 Å². The molecule has 2 amide bonds. The number of anilines is 1. The first-order valence-electron chi connectivity index (χ1n) is 9.08. The molecule has 0 aliphatic carbocycles. The van der Waals surface area contributed by atoms with Crippen LogP contribution in [0.3, 0.4) is 0 Å². The van der Waals surface area contributed by atoms with Gasteiger partial charge in [0, 0.05) is 13.6 Å². The summed E-state index contributed by atoms with van der Waals surface area (Å²) in [5.74, 6) is 0.327. The molecule has 3 rings (SSSR count). The number of benzene rings is 1. The van der Waals surface area contributed by atoms with Crippen LogP contribution in [0.5, 0.6) is 5.75 Å². The maximum absolute atomic E-state index is 12.6. The third-order valence-electron chi connectivity index (χ3n) is 4.66. The van der Waals surface area contributed by atoms with E-state index in [-0.39, 0.29) is 17.9 Å². The van der Waals surface area contributed by atoms with Gasteiger partial charge in [-0.2, -0.15) is 0 Å². The number of nitrogens with one attached hydrogen (secondary N) is 1. The van der Waals surface area contributed by atoms with E-state index >= 15 is 0 Å². The minimum absolute atomic E-state index is 0.134. The molecule has 0 bridgehead atoms. The third kappa shape index (κ3) is 4.24. The second kappa shape index (κ2) is 8.16. The Hall–Kier alpha value is -2.96. The highest BCUT2D eigenvalue weighted by molar-refractivity contribution is 5.97. The van der Waals surface area contributed by atoms with Gasteiger partial charge in [0.25, 0.3) is 5.91 Å². The Labute approximate surface area is 158 Å². The van der Waals surface area contributed by atoms with E-state index in [0.717, 1.165) is 18.0 Å². The maximum Gasteiger partial charge on any atom is 0.255 e.